The van der Waals surface area contributed by atoms with Gasteiger partial charge in [-0.15, -0.1) is 0 Å². The van der Waals surface area contributed by atoms with Crippen LogP contribution in [0.2, 0.25) is 5.02 Å². The molecule has 11 heteroatoms. The van der Waals surface area contributed by atoms with Crippen LogP contribution in [-0.4, -0.2) is 83.6 Å². The third-order valence-electron chi connectivity index (χ3n) is 6.59. The van der Waals surface area contributed by atoms with Gasteiger partial charge in [0, 0.05) is 55.2 Å². The van der Waals surface area contributed by atoms with E-state index in [1.165, 1.54) is 18.4 Å². The van der Waals surface area contributed by atoms with Crippen LogP contribution in [0.15, 0.2) is 59.6 Å². The van der Waals surface area contributed by atoms with Gasteiger partial charge in [-0.1, -0.05) is 41.6 Å². The average molecular weight is 590 g/mol. The second-order valence-electron chi connectivity index (χ2n) is 9.36. The summed E-state index contributed by atoms with van der Waals surface area (Å²) >= 11 is 7.87. The fourth-order valence-electron chi connectivity index (χ4n) is 4.41. The lowest BCUT2D eigenvalue weighted by Crippen LogP contribution is -2.45. The Labute approximate surface area is 244 Å². The van der Waals surface area contributed by atoms with E-state index >= 15 is 0 Å². The summed E-state index contributed by atoms with van der Waals surface area (Å²) in [5, 5.41) is 17.4. The van der Waals surface area contributed by atoms with Crippen molar-refractivity contribution in [2.45, 2.75) is 37.5 Å². The zero-order chi connectivity index (χ0) is 28.9. The van der Waals surface area contributed by atoms with Crippen LogP contribution in [-0.2, 0) is 15.3 Å². The van der Waals surface area contributed by atoms with Gasteiger partial charge in [0.1, 0.15) is 0 Å². The molecule has 0 aliphatic carbocycles. The van der Waals surface area contributed by atoms with E-state index in [1.807, 2.05) is 23.9 Å². The highest BCUT2D eigenvalue weighted by Gasteiger charge is 2.26. The number of halogens is 1. The molecule has 0 aromatic heterocycles. The quantitative estimate of drug-likeness (QED) is 0.272. The van der Waals surface area contributed by atoms with Gasteiger partial charge < -0.3 is 29.5 Å². The largest absolute Gasteiger partial charge is 0.493 e. The Balaban J connectivity index is 0.000000482. The summed E-state index contributed by atoms with van der Waals surface area (Å²) in [6.07, 6.45) is 5.66. The molecule has 216 valence electrons. The van der Waals surface area contributed by atoms with Gasteiger partial charge >= 0.3 is 11.9 Å². The third kappa shape index (κ3) is 10.1. The molecule has 0 atom stereocenters. The van der Waals surface area contributed by atoms with Gasteiger partial charge in [-0.2, -0.15) is 0 Å². The number of fused-ring (bicyclic) bond motifs is 1. The molecule has 0 saturated carbocycles. The molecule has 40 heavy (non-hydrogen) atoms. The van der Waals surface area contributed by atoms with Crippen LogP contribution in [0.4, 0.5) is 5.69 Å². The minimum absolute atomic E-state index is 0.558. The fraction of sp³-hybridized carbons (Fsp3) is 0.414. The molecule has 9 nitrogen and oxygen atoms in total. The molecule has 2 aromatic rings. The van der Waals surface area contributed by atoms with E-state index in [-0.39, 0.29) is 0 Å². The van der Waals surface area contributed by atoms with Crippen molar-refractivity contribution in [1.29, 1.82) is 0 Å². The van der Waals surface area contributed by atoms with E-state index in [0.29, 0.717) is 35.6 Å². The molecule has 0 amide bonds. The van der Waals surface area contributed by atoms with Crippen LogP contribution >= 0.6 is 23.4 Å². The molecule has 1 saturated heterocycles. The Hall–Kier alpha value is -3.21. The molecule has 2 aliphatic heterocycles. The topological polar surface area (TPSA) is 112 Å². The maximum absolute atomic E-state index is 9.55. The first-order valence-corrected chi connectivity index (χ1v) is 14.5. The van der Waals surface area contributed by atoms with Gasteiger partial charge in [0.05, 0.1) is 19.4 Å². The third-order valence-corrected chi connectivity index (χ3v) is 7.92. The molecule has 4 rings (SSSR count). The van der Waals surface area contributed by atoms with Crippen molar-refractivity contribution in [2.24, 2.45) is 4.99 Å². The van der Waals surface area contributed by atoms with E-state index in [4.69, 9.17) is 36.3 Å². The number of thioether (sulfide) groups is 1. The van der Waals surface area contributed by atoms with E-state index in [0.717, 1.165) is 54.8 Å². The molecule has 2 aromatic carbocycles. The van der Waals surface area contributed by atoms with E-state index in [9.17, 15) is 9.59 Å². The van der Waals surface area contributed by atoms with Crippen molar-refractivity contribution in [2.75, 3.05) is 40.4 Å². The number of piperidine rings is 1. The smallest absolute Gasteiger partial charge is 0.328 e. The number of likely N-dealkylation sites (tertiary alicyclic amines) is 1. The second-order valence-corrected chi connectivity index (χ2v) is 10.7. The minimum atomic E-state index is -1.26. The van der Waals surface area contributed by atoms with Gasteiger partial charge in [-0.3, -0.25) is 0 Å². The Bertz CT molecular complexity index is 1180. The lowest BCUT2D eigenvalue weighted by Gasteiger charge is -2.38. The number of aliphatic carboxylic acids is 2. The maximum atomic E-state index is 9.55. The van der Waals surface area contributed by atoms with Crippen LogP contribution in [0.25, 0.3) is 0 Å². The van der Waals surface area contributed by atoms with Gasteiger partial charge in [-0.25, -0.2) is 14.6 Å². The molecular formula is C29H36ClN3O6S. The number of hydrogen-bond acceptors (Lipinski definition) is 8. The SMILES string of the molecule is COc1cc(Cl)ccc1OCCCCN1CCC(N(C)C2=Nc3ccccc3CS2)CC1.O=C(O)/C=C/C(=O)O. The van der Waals surface area contributed by atoms with Crippen LogP contribution in [0.1, 0.15) is 31.2 Å². The van der Waals surface area contributed by atoms with Crippen molar-refractivity contribution < 1.29 is 29.3 Å². The van der Waals surface area contributed by atoms with E-state index in [1.54, 1.807) is 13.2 Å². The van der Waals surface area contributed by atoms with Crippen molar-refractivity contribution in [3.63, 3.8) is 0 Å². The van der Waals surface area contributed by atoms with E-state index in [2.05, 4.69) is 41.1 Å². The number of nitrogens with zero attached hydrogens (tertiary/aromatic N) is 3. The van der Waals surface area contributed by atoms with Crippen molar-refractivity contribution >= 4 is 46.2 Å². The van der Waals surface area contributed by atoms with Crippen molar-refractivity contribution in [3.05, 3.63) is 65.2 Å². The Morgan fingerprint density at radius 3 is 2.48 bits per heavy atom. The fourth-order valence-corrected chi connectivity index (χ4v) is 5.62. The molecule has 2 heterocycles. The number of aliphatic imine (C=N–C) groups is 1. The number of amidine groups is 1. The predicted octanol–water partition coefficient (Wildman–Crippen LogP) is 5.55. The number of rotatable bonds is 10. The highest BCUT2D eigenvalue weighted by Crippen LogP contribution is 2.33. The Kier molecular flexibility index (Phi) is 12.6. The number of carbonyl (C=O) groups is 2. The number of carboxylic acids is 2. The van der Waals surface area contributed by atoms with Gasteiger partial charge in [-0.05, 0) is 56.0 Å². The van der Waals surface area contributed by atoms with Gasteiger partial charge in [0.2, 0.25) is 0 Å². The second kappa shape index (κ2) is 16.2. The van der Waals surface area contributed by atoms with Crippen molar-refractivity contribution in [3.8, 4) is 11.5 Å². The zero-order valence-electron chi connectivity index (χ0n) is 22.8. The number of methoxy groups -OCH3 is 1. The molecular weight excluding hydrogens is 554 g/mol. The lowest BCUT2D eigenvalue weighted by molar-refractivity contribution is -0.134. The average Bonchev–Trinajstić information content (AvgIpc) is 2.96. The van der Waals surface area contributed by atoms with Crippen LogP contribution in [0.3, 0.4) is 0 Å². The summed E-state index contributed by atoms with van der Waals surface area (Å²) in [4.78, 5) is 29.0. The molecule has 0 radical (unpaired) electrons. The van der Waals surface area contributed by atoms with Crippen LogP contribution < -0.4 is 9.47 Å². The first-order chi connectivity index (χ1) is 19.3. The number of ether oxygens (including phenoxy) is 2. The van der Waals surface area contributed by atoms with Gasteiger partial charge in [0.25, 0.3) is 0 Å². The molecule has 1 fully saturated rings. The lowest BCUT2D eigenvalue weighted by atomic mass is 10.0. The number of unbranched alkanes of at least 4 members (excludes halogenated alkanes) is 1. The first-order valence-electron chi connectivity index (χ1n) is 13.1. The monoisotopic (exact) mass is 589 g/mol. The summed E-state index contributed by atoms with van der Waals surface area (Å²) < 4.78 is 11.2. The zero-order valence-corrected chi connectivity index (χ0v) is 24.4. The van der Waals surface area contributed by atoms with Crippen LogP contribution in [0, 0.1) is 0 Å². The Morgan fingerprint density at radius 2 is 1.80 bits per heavy atom. The van der Waals surface area contributed by atoms with E-state index < -0.39 is 11.9 Å². The summed E-state index contributed by atoms with van der Waals surface area (Å²) in [6.45, 7) is 4.11. The maximum Gasteiger partial charge on any atom is 0.328 e. The predicted molar refractivity (Wildman–Crippen MR) is 159 cm³/mol. The normalized spacial score (nSPS) is 15.4. The van der Waals surface area contributed by atoms with Crippen molar-refractivity contribution in [1.82, 2.24) is 9.80 Å². The number of para-hydroxylation sites is 1. The van der Waals surface area contributed by atoms with Crippen LogP contribution in [0.5, 0.6) is 11.5 Å². The first kappa shape index (κ1) is 31.3. The molecule has 2 aliphatic rings. The standard InChI is InChI=1S/C25H32ClN3O2S.C4H4O4/c1-28(25-27-22-8-4-3-7-19(22)18-32-25)21-11-14-29(15-12-21)13-5-6-16-31-23-10-9-20(26)17-24(23)30-2;5-3(6)1-2-4(7)8/h3-4,7-10,17,21H,5-6,11-16,18H2,1-2H3;1-2H,(H,5,6)(H,7,8)/b;2-1+. The van der Waals surface area contributed by atoms with Gasteiger partial charge in [0.15, 0.2) is 16.7 Å². The molecule has 0 spiro atoms. The molecule has 2 N–H and O–H groups in total. The highest BCUT2D eigenvalue weighted by molar-refractivity contribution is 8.13. The number of carboxylic acid groups (broad SMARTS) is 2. The number of benzene rings is 2. The summed E-state index contributed by atoms with van der Waals surface area (Å²) in [5.41, 5.74) is 2.46. The number of hydrogen-bond donors (Lipinski definition) is 2. The minimum Gasteiger partial charge on any atom is -0.493 e. The molecule has 0 bridgehead atoms. The summed E-state index contributed by atoms with van der Waals surface area (Å²) in [7, 11) is 3.85. The Morgan fingerprint density at radius 1 is 1.10 bits per heavy atom. The summed E-state index contributed by atoms with van der Waals surface area (Å²) in [6, 6.07) is 14.5. The summed E-state index contributed by atoms with van der Waals surface area (Å²) in [5.74, 6) is -0.0538. The highest BCUT2D eigenvalue weighted by atomic mass is 35.5. The molecule has 0 unspecified atom stereocenters.